The molecule has 0 aromatic heterocycles. The van der Waals surface area contributed by atoms with E-state index in [2.05, 4.69) is 17.7 Å². The van der Waals surface area contributed by atoms with E-state index < -0.39 is 18.1 Å². The first-order valence-electron chi connectivity index (χ1n) is 16.2. The number of aliphatic hydroxyl groups excluding tert-OH is 1. The third kappa shape index (κ3) is 11.9. The second kappa shape index (κ2) is 18.9. The monoisotopic (exact) mass is 623 g/mol. The van der Waals surface area contributed by atoms with E-state index in [1.54, 1.807) is 43.9 Å². The Morgan fingerprint density at radius 3 is 1.91 bits per heavy atom. The molecule has 2 rings (SSSR count). The molecule has 2 aromatic rings. The third-order valence-corrected chi connectivity index (χ3v) is 7.43. The highest BCUT2D eigenvalue weighted by Crippen LogP contribution is 2.17. The number of carbonyl (C=O) groups is 4. The highest BCUT2D eigenvalue weighted by molar-refractivity contribution is 6.04. The van der Waals surface area contributed by atoms with Crippen LogP contribution in [0, 0.1) is 5.92 Å². The molecule has 0 radical (unpaired) electrons. The van der Waals surface area contributed by atoms with Crippen molar-refractivity contribution in [2.24, 2.45) is 5.92 Å². The molecule has 0 aliphatic rings. The van der Waals surface area contributed by atoms with Gasteiger partial charge in [0.25, 0.3) is 17.7 Å². The van der Waals surface area contributed by atoms with Crippen molar-refractivity contribution in [3.63, 3.8) is 0 Å². The minimum atomic E-state index is -1.05. The molecule has 4 amide bonds. The first-order valence-corrected chi connectivity index (χ1v) is 16.2. The van der Waals surface area contributed by atoms with Crippen LogP contribution in [0.15, 0.2) is 48.5 Å². The van der Waals surface area contributed by atoms with Crippen molar-refractivity contribution in [2.45, 2.75) is 78.9 Å². The van der Waals surface area contributed by atoms with Crippen molar-refractivity contribution in [3.05, 3.63) is 70.8 Å². The molecule has 0 aliphatic carbocycles. The summed E-state index contributed by atoms with van der Waals surface area (Å²) in [7, 11) is 3.23. The number of carbonyl (C=O) groups excluding carboxylic acids is 4. The Morgan fingerprint density at radius 1 is 0.800 bits per heavy atom. The number of aliphatic hydroxyl groups is 1. The summed E-state index contributed by atoms with van der Waals surface area (Å²) < 4.78 is 0. The molecular formula is C35H53N5O5. The Kier molecular flexibility index (Phi) is 15.7. The van der Waals surface area contributed by atoms with Gasteiger partial charge in [-0.2, -0.15) is 0 Å². The Balaban J connectivity index is 2.47. The fraction of sp³-hybridized carbons (Fsp3) is 0.543. The van der Waals surface area contributed by atoms with Crippen molar-refractivity contribution in [2.75, 3.05) is 40.3 Å². The minimum absolute atomic E-state index is 0.0993. The number of nitrogens with one attached hydrogen (secondary N) is 2. The van der Waals surface area contributed by atoms with Gasteiger partial charge in [0.1, 0.15) is 0 Å². The van der Waals surface area contributed by atoms with Crippen LogP contribution < -0.4 is 10.7 Å². The fourth-order valence-corrected chi connectivity index (χ4v) is 4.88. The van der Waals surface area contributed by atoms with E-state index >= 15 is 0 Å². The number of amides is 4. The quantitative estimate of drug-likeness (QED) is 0.215. The van der Waals surface area contributed by atoms with Crippen LogP contribution in [0.2, 0.25) is 0 Å². The van der Waals surface area contributed by atoms with Crippen molar-refractivity contribution in [3.8, 4) is 0 Å². The van der Waals surface area contributed by atoms with Gasteiger partial charge in [0.05, 0.1) is 12.1 Å². The van der Waals surface area contributed by atoms with E-state index in [9.17, 15) is 24.3 Å². The molecule has 0 fully saturated rings. The summed E-state index contributed by atoms with van der Waals surface area (Å²) in [5, 5.41) is 16.2. The molecule has 0 saturated carbocycles. The summed E-state index contributed by atoms with van der Waals surface area (Å²) in [6, 6.07) is 13.3. The van der Waals surface area contributed by atoms with Gasteiger partial charge >= 0.3 is 0 Å². The molecule has 0 heterocycles. The number of hydrogen-bond acceptors (Lipinski definition) is 6. The number of unbranched alkanes of at least 4 members (excludes halogenated alkanes) is 1. The van der Waals surface area contributed by atoms with E-state index in [1.165, 1.54) is 17.0 Å². The molecule has 2 unspecified atom stereocenters. The predicted octanol–water partition coefficient (Wildman–Crippen LogP) is 4.14. The minimum Gasteiger partial charge on any atom is -0.390 e. The average molecular weight is 624 g/mol. The Labute approximate surface area is 269 Å². The summed E-state index contributed by atoms with van der Waals surface area (Å²) in [4.78, 5) is 56.1. The summed E-state index contributed by atoms with van der Waals surface area (Å²) >= 11 is 0. The maximum atomic E-state index is 13.9. The Bertz CT molecular complexity index is 1240. The van der Waals surface area contributed by atoms with E-state index in [1.807, 2.05) is 44.2 Å². The van der Waals surface area contributed by atoms with Crippen LogP contribution in [-0.4, -0.2) is 96.0 Å². The number of benzene rings is 2. The van der Waals surface area contributed by atoms with E-state index in [0.717, 1.165) is 31.2 Å². The number of hydrogen-bond donors (Lipinski definition) is 3. The number of hydrazine groups is 1. The zero-order valence-electron chi connectivity index (χ0n) is 28.1. The highest BCUT2D eigenvalue weighted by atomic mass is 16.3. The second-order valence-corrected chi connectivity index (χ2v) is 12.1. The molecule has 3 N–H and O–H groups in total. The highest BCUT2D eigenvalue weighted by Gasteiger charge is 2.27. The summed E-state index contributed by atoms with van der Waals surface area (Å²) in [6.07, 6.45) is 2.57. The first kappa shape index (κ1) is 37.4. The average Bonchev–Trinajstić information content (AvgIpc) is 3.02. The number of nitrogens with zero attached hydrogens (tertiary/aromatic N) is 3. The zero-order valence-corrected chi connectivity index (χ0v) is 28.1. The van der Waals surface area contributed by atoms with E-state index in [0.29, 0.717) is 26.1 Å². The van der Waals surface area contributed by atoms with E-state index in [4.69, 9.17) is 0 Å². The third-order valence-electron chi connectivity index (χ3n) is 7.43. The fourth-order valence-electron chi connectivity index (χ4n) is 4.88. The molecule has 2 aromatic carbocycles. The lowest BCUT2D eigenvalue weighted by Gasteiger charge is -2.31. The van der Waals surface area contributed by atoms with Gasteiger partial charge in [0, 0.05) is 62.9 Å². The molecule has 45 heavy (non-hydrogen) atoms. The maximum absolute atomic E-state index is 13.9. The van der Waals surface area contributed by atoms with Crippen molar-refractivity contribution in [1.29, 1.82) is 0 Å². The predicted molar refractivity (Wildman–Crippen MR) is 178 cm³/mol. The topological polar surface area (TPSA) is 122 Å². The van der Waals surface area contributed by atoms with Gasteiger partial charge in [-0.25, -0.2) is 5.01 Å². The van der Waals surface area contributed by atoms with Crippen molar-refractivity contribution in [1.82, 2.24) is 25.6 Å². The maximum Gasteiger partial charge on any atom is 0.253 e. The summed E-state index contributed by atoms with van der Waals surface area (Å²) in [6.45, 7) is 11.4. The van der Waals surface area contributed by atoms with Crippen LogP contribution >= 0.6 is 0 Å². The van der Waals surface area contributed by atoms with Gasteiger partial charge in [0.2, 0.25) is 5.91 Å². The molecule has 10 heteroatoms. The van der Waals surface area contributed by atoms with Crippen LogP contribution in [0.5, 0.6) is 0 Å². The summed E-state index contributed by atoms with van der Waals surface area (Å²) in [5.41, 5.74) is 4.46. The molecule has 2 atom stereocenters. The lowest BCUT2D eigenvalue weighted by atomic mass is 9.99. The van der Waals surface area contributed by atoms with Gasteiger partial charge in [0.15, 0.2) is 0 Å². The molecular weight excluding hydrogens is 570 g/mol. The largest absolute Gasteiger partial charge is 0.390 e. The zero-order chi connectivity index (χ0) is 33.5. The van der Waals surface area contributed by atoms with E-state index in [-0.39, 0.29) is 46.9 Å². The molecule has 0 bridgehead atoms. The Morgan fingerprint density at radius 2 is 1.38 bits per heavy atom. The van der Waals surface area contributed by atoms with Crippen LogP contribution in [-0.2, 0) is 11.2 Å². The smallest absolute Gasteiger partial charge is 0.253 e. The van der Waals surface area contributed by atoms with Crippen LogP contribution in [0.3, 0.4) is 0 Å². The molecule has 10 nitrogen and oxygen atoms in total. The van der Waals surface area contributed by atoms with Gasteiger partial charge in [-0.05, 0) is 49.4 Å². The van der Waals surface area contributed by atoms with Gasteiger partial charge < -0.3 is 20.2 Å². The summed E-state index contributed by atoms with van der Waals surface area (Å²) in [5.74, 6) is -1.47. The van der Waals surface area contributed by atoms with Crippen LogP contribution in [0.4, 0.5) is 0 Å². The van der Waals surface area contributed by atoms with Gasteiger partial charge in [-0.15, -0.1) is 0 Å². The van der Waals surface area contributed by atoms with Crippen molar-refractivity contribution < 1.29 is 24.3 Å². The molecule has 0 aliphatic heterocycles. The Hall–Kier alpha value is -3.76. The molecule has 248 valence electrons. The normalized spacial score (nSPS) is 12.5. The lowest BCUT2D eigenvalue weighted by molar-refractivity contribution is -0.129. The lowest BCUT2D eigenvalue weighted by Crippen LogP contribution is -2.54. The SMILES string of the molecule is CCCCN(CC(O)C(Cc1ccccc1)NC(=O)c1cc(C(=O)N(C)C)cc(C(=O)N(CCC)CCC)c1)NC(=O)C(C)C. The van der Waals surface area contributed by atoms with Gasteiger partial charge in [-0.1, -0.05) is 71.4 Å². The first-order chi connectivity index (χ1) is 21.4. The van der Waals surface area contributed by atoms with Gasteiger partial charge in [-0.3, -0.25) is 24.6 Å². The van der Waals surface area contributed by atoms with Crippen LogP contribution in [0.1, 0.15) is 96.9 Å². The van der Waals surface area contributed by atoms with Crippen LogP contribution in [0.25, 0.3) is 0 Å². The molecule has 0 saturated heterocycles. The molecule has 0 spiro atoms. The standard InChI is InChI=1S/C35H53N5O5/c1-8-11-19-40(37-32(42)25(4)5)24-31(41)30(20-26-15-13-12-14-16-26)36-33(43)27-21-28(34(44)38(6)7)23-29(22-27)35(45)39(17-9-2)18-10-3/h12-16,21-23,25,30-31,41H,8-11,17-20,24H2,1-7H3,(H,36,43)(H,37,42). The number of rotatable bonds is 18. The second-order valence-electron chi connectivity index (χ2n) is 12.1. The van der Waals surface area contributed by atoms with Crippen molar-refractivity contribution >= 4 is 23.6 Å².